The summed E-state index contributed by atoms with van der Waals surface area (Å²) in [6.45, 7) is 6.28. The molecule has 3 rings (SSSR count). The van der Waals surface area contributed by atoms with Gasteiger partial charge in [-0.1, -0.05) is 35.3 Å². The van der Waals surface area contributed by atoms with Crippen LogP contribution in [-0.2, 0) is 0 Å². The van der Waals surface area contributed by atoms with E-state index in [1.807, 2.05) is 22.7 Å². The van der Waals surface area contributed by atoms with Gasteiger partial charge in [0.15, 0.2) is 5.65 Å². The molecule has 0 bridgehead atoms. The summed E-state index contributed by atoms with van der Waals surface area (Å²) in [6.07, 6.45) is 5.32. The second kappa shape index (κ2) is 5.45. The number of anilines is 1. The Labute approximate surface area is 139 Å². The number of halogens is 2. The van der Waals surface area contributed by atoms with Gasteiger partial charge in [0.25, 0.3) is 0 Å². The fourth-order valence-electron chi connectivity index (χ4n) is 2.26. The van der Waals surface area contributed by atoms with E-state index in [0.717, 1.165) is 22.7 Å². The number of rotatable bonds is 2. The molecule has 0 saturated carbocycles. The topological polar surface area (TPSA) is 42.2 Å². The summed E-state index contributed by atoms with van der Waals surface area (Å²) in [5.74, 6) is 0.870. The fraction of sp³-hybridized carbons (Fsp3) is 0.250. The quantitative estimate of drug-likeness (QED) is 0.723. The summed E-state index contributed by atoms with van der Waals surface area (Å²) in [7, 11) is 0. The third-order valence-corrected chi connectivity index (χ3v) is 3.95. The van der Waals surface area contributed by atoms with Crippen LogP contribution in [0.3, 0.4) is 0 Å². The molecule has 0 radical (unpaired) electrons. The lowest BCUT2D eigenvalue weighted by molar-refractivity contribution is 0.629. The van der Waals surface area contributed by atoms with Crippen LogP contribution in [0.2, 0.25) is 10.0 Å². The lowest BCUT2D eigenvalue weighted by Gasteiger charge is -2.22. The molecule has 0 fully saturated rings. The van der Waals surface area contributed by atoms with Gasteiger partial charge in [-0.05, 0) is 26.8 Å². The maximum absolute atomic E-state index is 6.37. The Morgan fingerprint density at radius 3 is 2.68 bits per heavy atom. The van der Waals surface area contributed by atoms with Crippen molar-refractivity contribution < 1.29 is 0 Å². The molecule has 0 unspecified atom stereocenters. The Hall–Kier alpha value is -1.78. The standard InChI is InChI=1S/C16H16Cl2N4/c1-16(2,3)21-15-14(10-5-4-6-11(17)13(10)18)20-12-9-19-7-8-22(12)15/h4-9,21H,1-3H3. The van der Waals surface area contributed by atoms with Crippen LogP contribution in [0, 0.1) is 0 Å². The van der Waals surface area contributed by atoms with Crippen molar-refractivity contribution >= 4 is 34.7 Å². The molecule has 0 aliphatic heterocycles. The summed E-state index contributed by atoms with van der Waals surface area (Å²) >= 11 is 12.5. The van der Waals surface area contributed by atoms with Crippen LogP contribution >= 0.6 is 23.2 Å². The van der Waals surface area contributed by atoms with Crippen molar-refractivity contribution in [2.75, 3.05) is 5.32 Å². The third-order valence-electron chi connectivity index (χ3n) is 3.13. The van der Waals surface area contributed by atoms with Crippen LogP contribution in [0.15, 0.2) is 36.8 Å². The predicted octanol–water partition coefficient (Wildman–Crippen LogP) is 4.91. The van der Waals surface area contributed by atoms with Crippen molar-refractivity contribution in [2.24, 2.45) is 0 Å². The van der Waals surface area contributed by atoms with Crippen LogP contribution in [0.1, 0.15) is 20.8 Å². The van der Waals surface area contributed by atoms with Gasteiger partial charge in [0.1, 0.15) is 11.5 Å². The van der Waals surface area contributed by atoms with Gasteiger partial charge in [-0.25, -0.2) is 4.98 Å². The Morgan fingerprint density at radius 2 is 1.95 bits per heavy atom. The number of nitrogens with one attached hydrogen (secondary N) is 1. The molecule has 1 aromatic carbocycles. The summed E-state index contributed by atoms with van der Waals surface area (Å²) in [6, 6.07) is 5.55. The van der Waals surface area contributed by atoms with E-state index in [1.165, 1.54) is 0 Å². The van der Waals surface area contributed by atoms with Crippen molar-refractivity contribution in [1.29, 1.82) is 0 Å². The van der Waals surface area contributed by atoms with Crippen molar-refractivity contribution in [3.8, 4) is 11.3 Å². The SMILES string of the molecule is CC(C)(C)Nc1c(-c2cccc(Cl)c2Cl)nc2cnccn12. The van der Waals surface area contributed by atoms with Crippen LogP contribution in [0.4, 0.5) is 5.82 Å². The average Bonchev–Trinajstić information content (AvgIpc) is 2.79. The number of imidazole rings is 1. The lowest BCUT2D eigenvalue weighted by atomic mass is 10.1. The van der Waals surface area contributed by atoms with Crippen LogP contribution in [0.5, 0.6) is 0 Å². The molecule has 22 heavy (non-hydrogen) atoms. The minimum absolute atomic E-state index is 0.126. The van der Waals surface area contributed by atoms with Crippen molar-refractivity contribution in [3.63, 3.8) is 0 Å². The molecule has 0 aliphatic rings. The van der Waals surface area contributed by atoms with E-state index in [9.17, 15) is 0 Å². The number of benzene rings is 1. The second-order valence-corrected chi connectivity index (χ2v) is 6.88. The average molecular weight is 335 g/mol. The Bertz CT molecular complexity index is 834. The van der Waals surface area contributed by atoms with E-state index in [1.54, 1.807) is 18.5 Å². The first kappa shape index (κ1) is 15.1. The van der Waals surface area contributed by atoms with Crippen molar-refractivity contribution in [2.45, 2.75) is 26.3 Å². The largest absolute Gasteiger partial charge is 0.365 e. The molecule has 1 N–H and O–H groups in total. The fourth-order valence-corrected chi connectivity index (χ4v) is 2.65. The number of aromatic nitrogens is 3. The zero-order valence-electron chi connectivity index (χ0n) is 12.6. The predicted molar refractivity (Wildman–Crippen MR) is 91.8 cm³/mol. The molecule has 4 nitrogen and oxygen atoms in total. The van der Waals surface area contributed by atoms with E-state index in [-0.39, 0.29) is 5.54 Å². The normalized spacial score (nSPS) is 11.9. The molecule has 2 aromatic heterocycles. The second-order valence-electron chi connectivity index (χ2n) is 6.09. The molecular formula is C16H16Cl2N4. The highest BCUT2D eigenvalue weighted by atomic mass is 35.5. The highest BCUT2D eigenvalue weighted by Gasteiger charge is 2.21. The van der Waals surface area contributed by atoms with Gasteiger partial charge in [0.05, 0.1) is 16.2 Å². The molecule has 6 heteroatoms. The van der Waals surface area contributed by atoms with Crippen molar-refractivity contribution in [1.82, 2.24) is 14.4 Å². The minimum atomic E-state index is -0.126. The summed E-state index contributed by atoms with van der Waals surface area (Å²) in [5, 5.41) is 4.50. The summed E-state index contributed by atoms with van der Waals surface area (Å²) in [4.78, 5) is 8.79. The maximum atomic E-state index is 6.37. The van der Waals surface area contributed by atoms with Crippen LogP contribution in [0.25, 0.3) is 16.9 Å². The van der Waals surface area contributed by atoms with Gasteiger partial charge in [-0.2, -0.15) is 0 Å². The molecule has 0 spiro atoms. The van der Waals surface area contributed by atoms with E-state index < -0.39 is 0 Å². The molecule has 2 heterocycles. The molecule has 0 saturated heterocycles. The smallest absolute Gasteiger partial charge is 0.157 e. The Morgan fingerprint density at radius 1 is 1.18 bits per heavy atom. The van der Waals surface area contributed by atoms with Gasteiger partial charge in [-0.15, -0.1) is 0 Å². The van der Waals surface area contributed by atoms with E-state index in [4.69, 9.17) is 23.2 Å². The summed E-state index contributed by atoms with van der Waals surface area (Å²) < 4.78 is 1.96. The monoisotopic (exact) mass is 334 g/mol. The summed E-state index contributed by atoms with van der Waals surface area (Å²) in [5.41, 5.74) is 2.18. The number of hydrogen-bond donors (Lipinski definition) is 1. The van der Waals surface area contributed by atoms with Crippen molar-refractivity contribution in [3.05, 3.63) is 46.8 Å². The van der Waals surface area contributed by atoms with Crippen LogP contribution < -0.4 is 5.32 Å². The maximum Gasteiger partial charge on any atom is 0.157 e. The zero-order valence-corrected chi connectivity index (χ0v) is 14.1. The molecule has 0 amide bonds. The number of nitrogens with zero attached hydrogens (tertiary/aromatic N) is 3. The molecule has 0 atom stereocenters. The molecule has 0 aliphatic carbocycles. The van der Waals surface area contributed by atoms with Gasteiger partial charge in [-0.3, -0.25) is 9.38 Å². The molecule has 114 valence electrons. The first-order chi connectivity index (χ1) is 10.4. The highest BCUT2D eigenvalue weighted by molar-refractivity contribution is 6.43. The van der Waals surface area contributed by atoms with Gasteiger partial charge < -0.3 is 5.32 Å². The van der Waals surface area contributed by atoms with E-state index in [0.29, 0.717) is 10.0 Å². The lowest BCUT2D eigenvalue weighted by Crippen LogP contribution is -2.27. The number of fused-ring (bicyclic) bond motifs is 1. The Kier molecular flexibility index (Phi) is 3.75. The third kappa shape index (κ3) is 2.76. The molecule has 3 aromatic rings. The minimum Gasteiger partial charge on any atom is -0.365 e. The van der Waals surface area contributed by atoms with E-state index in [2.05, 4.69) is 36.1 Å². The van der Waals surface area contributed by atoms with Gasteiger partial charge in [0, 0.05) is 23.5 Å². The molecular weight excluding hydrogens is 319 g/mol. The first-order valence-electron chi connectivity index (χ1n) is 6.91. The number of hydrogen-bond acceptors (Lipinski definition) is 3. The van der Waals surface area contributed by atoms with E-state index >= 15 is 0 Å². The zero-order chi connectivity index (χ0) is 15.9. The Balaban J connectivity index is 2.29. The first-order valence-corrected chi connectivity index (χ1v) is 7.67. The highest BCUT2D eigenvalue weighted by Crippen LogP contribution is 2.37. The van der Waals surface area contributed by atoms with Gasteiger partial charge >= 0.3 is 0 Å². The van der Waals surface area contributed by atoms with Gasteiger partial charge in [0.2, 0.25) is 0 Å². The van der Waals surface area contributed by atoms with Crippen LogP contribution in [-0.4, -0.2) is 19.9 Å².